The molecular formula is C24H29N4P. The predicted octanol–water partition coefficient (Wildman–Crippen LogP) is 7.13. The van der Waals surface area contributed by atoms with E-state index < -0.39 is 8.37 Å². The van der Waals surface area contributed by atoms with Crippen molar-refractivity contribution in [3.05, 3.63) is 108 Å². The SMILES string of the molecule is CC(N=NP(NC(C)c1ccccc1)NC(C)c1ccccc1)c1ccccc1. The lowest BCUT2D eigenvalue weighted by Crippen LogP contribution is -2.22. The summed E-state index contributed by atoms with van der Waals surface area (Å²) in [7, 11) is -1.05. The zero-order valence-corrected chi connectivity index (χ0v) is 18.1. The Labute approximate surface area is 175 Å². The van der Waals surface area contributed by atoms with E-state index in [-0.39, 0.29) is 18.1 Å². The summed E-state index contributed by atoms with van der Waals surface area (Å²) in [4.78, 5) is 4.70. The van der Waals surface area contributed by atoms with Gasteiger partial charge in [0.2, 0.25) is 0 Å². The highest BCUT2D eigenvalue weighted by Gasteiger charge is 2.17. The molecule has 3 unspecified atom stereocenters. The molecule has 0 saturated heterocycles. The molecule has 29 heavy (non-hydrogen) atoms. The average Bonchev–Trinajstić information content (AvgIpc) is 2.79. The highest BCUT2D eigenvalue weighted by atomic mass is 31.1. The van der Waals surface area contributed by atoms with Crippen LogP contribution in [0.2, 0.25) is 0 Å². The molecule has 0 bridgehead atoms. The molecule has 0 saturated carbocycles. The van der Waals surface area contributed by atoms with Crippen molar-refractivity contribution >= 4 is 8.37 Å². The molecule has 5 heteroatoms. The summed E-state index contributed by atoms with van der Waals surface area (Å²) in [6, 6.07) is 31.5. The van der Waals surface area contributed by atoms with Gasteiger partial charge in [0.25, 0.3) is 0 Å². The van der Waals surface area contributed by atoms with Crippen molar-refractivity contribution in [1.29, 1.82) is 0 Å². The van der Waals surface area contributed by atoms with Crippen molar-refractivity contribution < 1.29 is 0 Å². The Balaban J connectivity index is 1.74. The highest BCUT2D eigenvalue weighted by molar-refractivity contribution is 7.51. The molecule has 0 aliphatic carbocycles. The van der Waals surface area contributed by atoms with Crippen molar-refractivity contribution in [2.24, 2.45) is 10.00 Å². The van der Waals surface area contributed by atoms with Gasteiger partial charge in [-0.05, 0) is 37.5 Å². The third-order valence-corrected chi connectivity index (χ3v) is 6.37. The molecule has 0 heterocycles. The van der Waals surface area contributed by atoms with Crippen LogP contribution in [-0.2, 0) is 0 Å². The number of nitrogens with zero attached hydrogens (tertiary/aromatic N) is 2. The largest absolute Gasteiger partial charge is 0.257 e. The quantitative estimate of drug-likeness (QED) is 0.294. The summed E-state index contributed by atoms with van der Waals surface area (Å²) in [5.41, 5.74) is 3.64. The van der Waals surface area contributed by atoms with Crippen molar-refractivity contribution in [2.75, 3.05) is 0 Å². The van der Waals surface area contributed by atoms with Crippen LogP contribution < -0.4 is 10.2 Å². The monoisotopic (exact) mass is 404 g/mol. The molecule has 0 fully saturated rings. The first-order valence-electron chi connectivity index (χ1n) is 10.0. The minimum Gasteiger partial charge on any atom is -0.257 e. The molecule has 0 amide bonds. The van der Waals surface area contributed by atoms with Crippen LogP contribution in [0.1, 0.15) is 55.6 Å². The first kappa shape index (κ1) is 21.3. The van der Waals surface area contributed by atoms with Crippen LogP contribution in [0.4, 0.5) is 0 Å². The fourth-order valence-corrected chi connectivity index (χ4v) is 4.48. The number of rotatable bonds is 9. The molecule has 3 atom stereocenters. The summed E-state index contributed by atoms with van der Waals surface area (Å²) < 4.78 is 0. The molecule has 150 valence electrons. The van der Waals surface area contributed by atoms with Crippen molar-refractivity contribution in [1.82, 2.24) is 10.2 Å². The Hall–Kier alpha value is -2.39. The fraction of sp³-hybridized carbons (Fsp3) is 0.250. The maximum absolute atomic E-state index is 4.70. The van der Waals surface area contributed by atoms with Gasteiger partial charge in [0, 0.05) is 12.1 Å². The molecule has 0 aliphatic heterocycles. The van der Waals surface area contributed by atoms with E-state index in [2.05, 4.69) is 96.7 Å². The Morgan fingerprint density at radius 1 is 0.586 bits per heavy atom. The van der Waals surface area contributed by atoms with E-state index in [4.69, 9.17) is 4.88 Å². The molecule has 4 nitrogen and oxygen atoms in total. The van der Waals surface area contributed by atoms with Crippen LogP contribution in [0.15, 0.2) is 101 Å². The summed E-state index contributed by atoms with van der Waals surface area (Å²) in [6.07, 6.45) is 0. The molecule has 0 spiro atoms. The summed E-state index contributed by atoms with van der Waals surface area (Å²) >= 11 is 0. The van der Waals surface area contributed by atoms with Gasteiger partial charge in [-0.3, -0.25) is 10.2 Å². The number of hydrogen-bond donors (Lipinski definition) is 2. The summed E-state index contributed by atoms with van der Waals surface area (Å²) in [5, 5.41) is 11.9. The van der Waals surface area contributed by atoms with Gasteiger partial charge in [-0.2, -0.15) is 5.11 Å². The lowest BCUT2D eigenvalue weighted by atomic mass is 10.1. The van der Waals surface area contributed by atoms with E-state index in [1.807, 2.05) is 30.3 Å². The van der Waals surface area contributed by atoms with E-state index in [0.29, 0.717) is 0 Å². The molecule has 3 aromatic carbocycles. The lowest BCUT2D eigenvalue weighted by Gasteiger charge is -2.24. The summed E-state index contributed by atoms with van der Waals surface area (Å²) in [6.45, 7) is 6.40. The molecule has 0 aromatic heterocycles. The Morgan fingerprint density at radius 2 is 0.966 bits per heavy atom. The summed E-state index contributed by atoms with van der Waals surface area (Å²) in [5.74, 6) is 0. The van der Waals surface area contributed by atoms with Crippen molar-refractivity contribution in [2.45, 2.75) is 38.9 Å². The van der Waals surface area contributed by atoms with E-state index in [0.717, 1.165) is 0 Å². The van der Waals surface area contributed by atoms with Gasteiger partial charge in [0.1, 0.15) is 0 Å². The Morgan fingerprint density at radius 3 is 1.38 bits per heavy atom. The van der Waals surface area contributed by atoms with Crippen LogP contribution in [0, 0.1) is 0 Å². The van der Waals surface area contributed by atoms with Gasteiger partial charge in [-0.25, -0.2) is 0 Å². The van der Waals surface area contributed by atoms with E-state index in [1.54, 1.807) is 0 Å². The second-order valence-corrected chi connectivity index (χ2v) is 8.45. The third-order valence-electron chi connectivity index (χ3n) is 4.83. The van der Waals surface area contributed by atoms with Gasteiger partial charge in [-0.15, -0.1) is 4.88 Å². The lowest BCUT2D eigenvalue weighted by molar-refractivity contribution is 0.685. The molecular weight excluding hydrogens is 375 g/mol. The Kier molecular flexibility index (Phi) is 8.06. The van der Waals surface area contributed by atoms with Crippen LogP contribution in [0.3, 0.4) is 0 Å². The first-order chi connectivity index (χ1) is 14.1. The zero-order valence-electron chi connectivity index (χ0n) is 17.2. The van der Waals surface area contributed by atoms with Crippen LogP contribution >= 0.6 is 8.37 Å². The molecule has 0 radical (unpaired) electrons. The standard InChI is InChI=1S/C24H29N4P/c1-19(22-13-7-4-8-14-22)25-28-29(26-20(2)23-15-9-5-10-16-23)27-21(3)24-17-11-6-12-18-24/h4-21,26-27H,1-3H3. The average molecular weight is 404 g/mol. The van der Waals surface area contributed by atoms with Crippen molar-refractivity contribution in [3.63, 3.8) is 0 Å². The minimum atomic E-state index is -1.05. The Bertz CT molecular complexity index is 824. The molecule has 3 aromatic rings. The molecule has 2 N–H and O–H groups in total. The maximum Gasteiger partial charge on any atom is 0.187 e. The first-order valence-corrected chi connectivity index (χ1v) is 11.3. The van der Waals surface area contributed by atoms with Crippen LogP contribution in [0.5, 0.6) is 0 Å². The smallest absolute Gasteiger partial charge is 0.187 e. The number of hydrogen-bond acceptors (Lipinski definition) is 4. The van der Waals surface area contributed by atoms with Crippen LogP contribution in [-0.4, -0.2) is 0 Å². The van der Waals surface area contributed by atoms with E-state index in [1.165, 1.54) is 16.7 Å². The number of benzene rings is 3. The van der Waals surface area contributed by atoms with Crippen LogP contribution in [0.25, 0.3) is 0 Å². The van der Waals surface area contributed by atoms with E-state index >= 15 is 0 Å². The second kappa shape index (κ2) is 11.0. The van der Waals surface area contributed by atoms with Gasteiger partial charge in [0.15, 0.2) is 8.37 Å². The number of nitrogens with one attached hydrogen (secondary N) is 2. The van der Waals surface area contributed by atoms with Gasteiger partial charge in [-0.1, -0.05) is 91.0 Å². The van der Waals surface area contributed by atoms with Crippen molar-refractivity contribution in [3.8, 4) is 0 Å². The van der Waals surface area contributed by atoms with Gasteiger partial charge >= 0.3 is 0 Å². The maximum atomic E-state index is 4.70. The topological polar surface area (TPSA) is 48.8 Å². The zero-order chi connectivity index (χ0) is 20.5. The normalized spacial score (nSPS) is 15.7. The minimum absolute atomic E-state index is 0.0175. The second-order valence-electron chi connectivity index (χ2n) is 7.13. The fourth-order valence-electron chi connectivity index (χ4n) is 3.02. The predicted molar refractivity (Wildman–Crippen MR) is 123 cm³/mol. The third kappa shape index (κ3) is 6.57. The van der Waals surface area contributed by atoms with E-state index in [9.17, 15) is 0 Å². The molecule has 3 rings (SSSR count). The van der Waals surface area contributed by atoms with Gasteiger partial charge < -0.3 is 0 Å². The molecule has 0 aliphatic rings. The van der Waals surface area contributed by atoms with Gasteiger partial charge in [0.05, 0.1) is 6.04 Å². The highest BCUT2D eigenvalue weighted by Crippen LogP contribution is 2.37.